The number of carbonyl (C=O) groups is 3. The minimum absolute atomic E-state index is 0.0247. The maximum absolute atomic E-state index is 12.0. The molecule has 1 rings (SSSR count). The van der Waals surface area contributed by atoms with Crippen molar-refractivity contribution in [1.82, 2.24) is 15.5 Å². The summed E-state index contributed by atoms with van der Waals surface area (Å²) in [5.41, 5.74) is 0.638. The van der Waals surface area contributed by atoms with E-state index >= 15 is 0 Å². The van der Waals surface area contributed by atoms with Crippen LogP contribution in [0.1, 0.15) is 19.8 Å². The first-order valence-electron chi connectivity index (χ1n) is 8.14. The number of unbranched alkanes of at least 4 members (excludes halogenated alkanes) is 1. The Morgan fingerprint density at radius 1 is 1.08 bits per heavy atom. The second kappa shape index (κ2) is 11.0. The predicted octanol–water partition coefficient (Wildman–Crippen LogP) is 1.19. The lowest BCUT2D eigenvalue weighted by molar-refractivity contribution is -0.122. The minimum atomic E-state index is -0.519. The maximum Gasteiger partial charge on any atom is 0.321 e. The van der Waals surface area contributed by atoms with Crippen LogP contribution in [0.15, 0.2) is 24.3 Å². The van der Waals surface area contributed by atoms with Gasteiger partial charge in [-0.25, -0.2) is 4.79 Å². The molecule has 8 nitrogen and oxygen atoms in total. The van der Waals surface area contributed by atoms with Crippen LogP contribution in [0.2, 0.25) is 0 Å². The Morgan fingerprint density at radius 3 is 2.32 bits per heavy atom. The number of carbonyl (C=O) groups excluding carboxylic acids is 3. The average Bonchev–Trinajstić information content (AvgIpc) is 2.55. The lowest BCUT2D eigenvalue weighted by atomic mass is 10.3. The molecule has 0 aliphatic heterocycles. The summed E-state index contributed by atoms with van der Waals surface area (Å²) in [5.74, 6) is -0.0226. The zero-order chi connectivity index (χ0) is 18.7. The van der Waals surface area contributed by atoms with Crippen molar-refractivity contribution in [2.24, 2.45) is 0 Å². The number of nitrogens with one attached hydrogen (secondary N) is 3. The third-order valence-corrected chi connectivity index (χ3v) is 3.27. The van der Waals surface area contributed by atoms with Crippen molar-refractivity contribution in [3.05, 3.63) is 24.3 Å². The average molecular weight is 350 g/mol. The van der Waals surface area contributed by atoms with Gasteiger partial charge in [0.1, 0.15) is 5.75 Å². The van der Waals surface area contributed by atoms with Crippen molar-refractivity contribution in [2.45, 2.75) is 19.8 Å². The van der Waals surface area contributed by atoms with Crippen molar-refractivity contribution in [2.75, 3.05) is 39.1 Å². The Labute approximate surface area is 147 Å². The molecular formula is C17H26N4O4. The fraction of sp³-hybridized carbons (Fsp3) is 0.471. The van der Waals surface area contributed by atoms with Gasteiger partial charge in [-0.05, 0) is 37.7 Å². The van der Waals surface area contributed by atoms with E-state index in [0.29, 0.717) is 18.0 Å². The summed E-state index contributed by atoms with van der Waals surface area (Å²) in [6.07, 6.45) is 1.81. The van der Waals surface area contributed by atoms with E-state index in [2.05, 4.69) is 16.0 Å². The Hall–Kier alpha value is -2.61. The highest BCUT2D eigenvalue weighted by Gasteiger charge is 2.13. The van der Waals surface area contributed by atoms with E-state index in [1.54, 1.807) is 38.4 Å². The number of nitrogens with zero attached hydrogens (tertiary/aromatic N) is 1. The molecule has 1 aromatic rings. The van der Waals surface area contributed by atoms with Crippen LogP contribution in [0.4, 0.5) is 10.5 Å². The molecule has 0 radical (unpaired) electrons. The molecular weight excluding hydrogens is 324 g/mol. The highest BCUT2D eigenvalue weighted by Crippen LogP contribution is 2.14. The van der Waals surface area contributed by atoms with Crippen LogP contribution in [-0.4, -0.2) is 56.5 Å². The van der Waals surface area contributed by atoms with Crippen molar-refractivity contribution >= 4 is 23.5 Å². The first-order chi connectivity index (χ1) is 11.9. The molecule has 138 valence electrons. The molecule has 0 bridgehead atoms. The zero-order valence-corrected chi connectivity index (χ0v) is 14.9. The molecule has 0 fully saturated rings. The molecule has 25 heavy (non-hydrogen) atoms. The molecule has 0 spiro atoms. The van der Waals surface area contributed by atoms with Gasteiger partial charge in [0.15, 0.2) is 0 Å². The number of methoxy groups -OCH3 is 1. The summed E-state index contributed by atoms with van der Waals surface area (Å²) in [6.45, 7) is 2.50. The number of rotatable bonds is 9. The molecule has 0 saturated carbocycles. The standard InChI is InChI=1S/C17H26N4O4/c1-4-5-10-18-17(24)20-16(23)12-21(2)11-15(22)19-13-6-8-14(25-3)9-7-13/h6-9H,4-5,10-12H2,1-3H3,(H,19,22)(H2,18,20,23,24). The van der Waals surface area contributed by atoms with E-state index in [0.717, 1.165) is 12.8 Å². The number of amides is 4. The largest absolute Gasteiger partial charge is 0.497 e. The van der Waals surface area contributed by atoms with Crippen LogP contribution in [0.5, 0.6) is 5.75 Å². The molecule has 0 unspecified atom stereocenters. The SMILES string of the molecule is CCCCNC(=O)NC(=O)CN(C)CC(=O)Nc1ccc(OC)cc1. The third-order valence-electron chi connectivity index (χ3n) is 3.27. The molecule has 4 amide bonds. The van der Waals surface area contributed by atoms with Crippen molar-refractivity contribution in [3.63, 3.8) is 0 Å². The van der Waals surface area contributed by atoms with Crippen molar-refractivity contribution < 1.29 is 19.1 Å². The topological polar surface area (TPSA) is 99.8 Å². The van der Waals surface area contributed by atoms with Gasteiger partial charge in [0, 0.05) is 12.2 Å². The molecule has 0 saturated heterocycles. The molecule has 8 heteroatoms. The van der Waals surface area contributed by atoms with Crippen LogP contribution < -0.4 is 20.7 Å². The fourth-order valence-corrected chi connectivity index (χ4v) is 2.01. The van der Waals surface area contributed by atoms with Crippen LogP contribution >= 0.6 is 0 Å². The van der Waals surface area contributed by atoms with E-state index in [9.17, 15) is 14.4 Å². The molecule has 0 atom stereocenters. The number of benzene rings is 1. The monoisotopic (exact) mass is 350 g/mol. The Bertz CT molecular complexity index is 575. The van der Waals surface area contributed by atoms with Crippen molar-refractivity contribution in [3.8, 4) is 5.75 Å². The van der Waals surface area contributed by atoms with Crippen LogP contribution in [-0.2, 0) is 9.59 Å². The summed E-state index contributed by atoms with van der Waals surface area (Å²) < 4.78 is 5.05. The number of urea groups is 1. The Balaban J connectivity index is 2.31. The van der Waals surface area contributed by atoms with Gasteiger partial charge in [-0.15, -0.1) is 0 Å². The smallest absolute Gasteiger partial charge is 0.321 e. The number of hydrogen-bond acceptors (Lipinski definition) is 5. The van der Waals surface area contributed by atoms with E-state index in [1.165, 1.54) is 4.90 Å². The third kappa shape index (κ3) is 8.71. The van der Waals surface area contributed by atoms with Crippen LogP contribution in [0, 0.1) is 0 Å². The van der Waals surface area contributed by atoms with Gasteiger partial charge in [0.25, 0.3) is 0 Å². The van der Waals surface area contributed by atoms with Crippen LogP contribution in [0.3, 0.4) is 0 Å². The number of anilines is 1. The number of ether oxygens (including phenoxy) is 1. The van der Waals surface area contributed by atoms with Gasteiger partial charge in [0.2, 0.25) is 11.8 Å². The van der Waals surface area contributed by atoms with Gasteiger partial charge >= 0.3 is 6.03 Å². The number of hydrogen-bond donors (Lipinski definition) is 3. The minimum Gasteiger partial charge on any atom is -0.497 e. The molecule has 3 N–H and O–H groups in total. The first-order valence-corrected chi connectivity index (χ1v) is 8.14. The second-order valence-corrected chi connectivity index (χ2v) is 5.61. The van der Waals surface area contributed by atoms with Crippen LogP contribution in [0.25, 0.3) is 0 Å². The lowest BCUT2D eigenvalue weighted by Crippen LogP contribution is -2.45. The van der Waals surface area contributed by atoms with Gasteiger partial charge in [-0.3, -0.25) is 19.8 Å². The summed E-state index contributed by atoms with van der Waals surface area (Å²) in [4.78, 5) is 36.7. The summed E-state index contributed by atoms with van der Waals surface area (Å²) in [5, 5.41) is 7.55. The molecule has 1 aromatic carbocycles. The summed E-state index contributed by atoms with van der Waals surface area (Å²) >= 11 is 0. The molecule has 0 aromatic heterocycles. The fourth-order valence-electron chi connectivity index (χ4n) is 2.01. The number of likely N-dealkylation sites (N-methyl/N-ethyl adjacent to an activating group) is 1. The predicted molar refractivity (Wildman–Crippen MR) is 95.6 cm³/mol. The van der Waals surface area contributed by atoms with E-state index < -0.39 is 11.9 Å². The second-order valence-electron chi connectivity index (χ2n) is 5.61. The molecule has 0 aliphatic carbocycles. The van der Waals surface area contributed by atoms with Gasteiger partial charge in [0.05, 0.1) is 20.2 Å². The normalized spacial score (nSPS) is 10.2. The molecule has 0 aliphatic rings. The van der Waals surface area contributed by atoms with E-state index in [4.69, 9.17) is 4.74 Å². The van der Waals surface area contributed by atoms with Gasteiger partial charge < -0.3 is 15.4 Å². The number of imide groups is 1. The molecule has 0 heterocycles. The van der Waals surface area contributed by atoms with Gasteiger partial charge in [-0.2, -0.15) is 0 Å². The zero-order valence-electron chi connectivity index (χ0n) is 14.9. The van der Waals surface area contributed by atoms with E-state index in [-0.39, 0.29) is 19.0 Å². The Kier molecular flexibility index (Phi) is 9.02. The lowest BCUT2D eigenvalue weighted by Gasteiger charge is -2.16. The highest BCUT2D eigenvalue weighted by atomic mass is 16.5. The summed E-state index contributed by atoms with van der Waals surface area (Å²) in [7, 11) is 3.19. The Morgan fingerprint density at radius 2 is 1.72 bits per heavy atom. The maximum atomic E-state index is 12.0. The first kappa shape index (κ1) is 20.4. The summed E-state index contributed by atoms with van der Waals surface area (Å²) in [6, 6.07) is 6.41. The van der Waals surface area contributed by atoms with Gasteiger partial charge in [-0.1, -0.05) is 13.3 Å². The highest BCUT2D eigenvalue weighted by molar-refractivity contribution is 5.96. The van der Waals surface area contributed by atoms with Crippen molar-refractivity contribution in [1.29, 1.82) is 0 Å². The van der Waals surface area contributed by atoms with E-state index in [1.807, 2.05) is 6.92 Å². The quantitative estimate of drug-likeness (QED) is 0.581.